The van der Waals surface area contributed by atoms with Crippen molar-refractivity contribution in [1.82, 2.24) is 14.8 Å². The standard InChI is InChI=1S/C21H25N3O/c1-23(2)15-18(16-9-5-4-6-10-16)14-22-21(25)20-13-17-11-7-8-12-19(17)24(20)3/h4-13,18H,14-15H2,1-3H3,(H,22,25). The number of nitrogens with one attached hydrogen (secondary N) is 1. The topological polar surface area (TPSA) is 37.3 Å². The summed E-state index contributed by atoms with van der Waals surface area (Å²) in [5, 5.41) is 4.20. The summed E-state index contributed by atoms with van der Waals surface area (Å²) in [6.45, 7) is 1.50. The average molecular weight is 335 g/mol. The van der Waals surface area contributed by atoms with Crippen molar-refractivity contribution in [3.63, 3.8) is 0 Å². The van der Waals surface area contributed by atoms with Crippen molar-refractivity contribution in [3.05, 3.63) is 71.9 Å². The van der Waals surface area contributed by atoms with Gasteiger partial charge in [-0.05, 0) is 31.8 Å². The summed E-state index contributed by atoms with van der Waals surface area (Å²) in [4.78, 5) is 14.9. The van der Waals surface area contributed by atoms with Gasteiger partial charge in [-0.15, -0.1) is 0 Å². The number of hydrogen-bond acceptors (Lipinski definition) is 2. The number of aryl methyl sites for hydroxylation is 1. The van der Waals surface area contributed by atoms with Crippen LogP contribution in [0.4, 0.5) is 0 Å². The van der Waals surface area contributed by atoms with Crippen LogP contribution in [0.5, 0.6) is 0 Å². The summed E-state index contributed by atoms with van der Waals surface area (Å²) in [6, 6.07) is 20.4. The molecule has 0 saturated heterocycles. The molecule has 0 aliphatic heterocycles. The lowest BCUT2D eigenvalue weighted by Gasteiger charge is -2.22. The van der Waals surface area contributed by atoms with Gasteiger partial charge in [-0.1, -0.05) is 48.5 Å². The number of carbonyl (C=O) groups excluding carboxylic acids is 1. The van der Waals surface area contributed by atoms with Crippen LogP contribution in [0.25, 0.3) is 10.9 Å². The van der Waals surface area contributed by atoms with E-state index in [1.165, 1.54) is 5.56 Å². The van der Waals surface area contributed by atoms with Crippen molar-refractivity contribution in [2.24, 2.45) is 7.05 Å². The fraction of sp³-hybridized carbons (Fsp3) is 0.286. The van der Waals surface area contributed by atoms with Gasteiger partial charge in [0.2, 0.25) is 0 Å². The molecule has 130 valence electrons. The predicted molar refractivity (Wildman–Crippen MR) is 103 cm³/mol. The molecule has 0 fully saturated rings. The second-order valence-corrected chi connectivity index (χ2v) is 6.73. The zero-order valence-corrected chi connectivity index (χ0v) is 15.1. The summed E-state index contributed by atoms with van der Waals surface area (Å²) in [5.74, 6) is 0.230. The highest BCUT2D eigenvalue weighted by atomic mass is 16.1. The maximum Gasteiger partial charge on any atom is 0.267 e. The molecule has 0 bridgehead atoms. The Hall–Kier alpha value is -2.59. The summed E-state index contributed by atoms with van der Waals surface area (Å²) in [7, 11) is 6.05. The van der Waals surface area contributed by atoms with Crippen LogP contribution in [0.15, 0.2) is 60.7 Å². The Kier molecular flexibility index (Phi) is 5.19. The molecule has 25 heavy (non-hydrogen) atoms. The van der Waals surface area contributed by atoms with Crippen molar-refractivity contribution < 1.29 is 4.79 Å². The van der Waals surface area contributed by atoms with E-state index in [1.807, 2.05) is 60.1 Å². The fourth-order valence-electron chi connectivity index (χ4n) is 3.27. The van der Waals surface area contributed by atoms with Crippen molar-refractivity contribution in [2.75, 3.05) is 27.2 Å². The number of rotatable bonds is 6. The van der Waals surface area contributed by atoms with Crippen LogP contribution in [0.2, 0.25) is 0 Å². The van der Waals surface area contributed by atoms with E-state index in [9.17, 15) is 4.79 Å². The average Bonchev–Trinajstić information content (AvgIpc) is 2.96. The van der Waals surface area contributed by atoms with Crippen LogP contribution in [0, 0.1) is 0 Å². The molecule has 1 aromatic heterocycles. The van der Waals surface area contributed by atoms with Gasteiger partial charge in [0.25, 0.3) is 5.91 Å². The molecule has 3 aromatic rings. The highest BCUT2D eigenvalue weighted by Gasteiger charge is 2.17. The molecular weight excluding hydrogens is 310 g/mol. The van der Waals surface area contributed by atoms with Gasteiger partial charge in [0.15, 0.2) is 0 Å². The van der Waals surface area contributed by atoms with Crippen molar-refractivity contribution in [1.29, 1.82) is 0 Å². The monoisotopic (exact) mass is 335 g/mol. The van der Waals surface area contributed by atoms with E-state index in [4.69, 9.17) is 0 Å². The Balaban J connectivity index is 1.75. The van der Waals surface area contributed by atoms with Crippen LogP contribution in [0.3, 0.4) is 0 Å². The fourth-order valence-corrected chi connectivity index (χ4v) is 3.27. The van der Waals surface area contributed by atoms with Crippen molar-refractivity contribution >= 4 is 16.8 Å². The van der Waals surface area contributed by atoms with Crippen molar-refractivity contribution in [2.45, 2.75) is 5.92 Å². The van der Waals surface area contributed by atoms with E-state index >= 15 is 0 Å². The molecule has 1 atom stereocenters. The second-order valence-electron chi connectivity index (χ2n) is 6.73. The van der Waals surface area contributed by atoms with Gasteiger partial charge in [-0.25, -0.2) is 0 Å². The Morgan fingerprint density at radius 2 is 1.76 bits per heavy atom. The van der Waals surface area contributed by atoms with E-state index in [0.717, 1.165) is 17.4 Å². The molecule has 0 aliphatic rings. The molecule has 1 heterocycles. The second kappa shape index (κ2) is 7.53. The molecular formula is C21H25N3O. The maximum absolute atomic E-state index is 12.7. The molecule has 0 saturated carbocycles. The van der Waals surface area contributed by atoms with E-state index < -0.39 is 0 Å². The van der Waals surface area contributed by atoms with Gasteiger partial charge >= 0.3 is 0 Å². The minimum absolute atomic E-state index is 0.0293. The number of benzene rings is 2. The third-order valence-corrected chi connectivity index (χ3v) is 4.55. The first kappa shape index (κ1) is 17.2. The molecule has 3 rings (SSSR count). The zero-order chi connectivity index (χ0) is 17.8. The van der Waals surface area contributed by atoms with E-state index in [2.05, 4.69) is 36.4 Å². The van der Waals surface area contributed by atoms with Gasteiger partial charge in [-0.2, -0.15) is 0 Å². The first-order chi connectivity index (χ1) is 12.1. The smallest absolute Gasteiger partial charge is 0.267 e. The molecule has 2 aromatic carbocycles. The molecule has 0 spiro atoms. The molecule has 1 N–H and O–H groups in total. The SMILES string of the molecule is CN(C)CC(CNC(=O)c1cc2ccccc2n1C)c1ccccc1. The first-order valence-electron chi connectivity index (χ1n) is 8.58. The molecule has 0 radical (unpaired) electrons. The Morgan fingerprint density at radius 1 is 1.08 bits per heavy atom. The van der Waals surface area contributed by atoms with Crippen LogP contribution in [-0.2, 0) is 7.05 Å². The van der Waals surface area contributed by atoms with Gasteiger partial charge in [-0.3, -0.25) is 4.79 Å². The minimum atomic E-state index is -0.0293. The van der Waals surface area contributed by atoms with Crippen LogP contribution in [-0.4, -0.2) is 42.6 Å². The highest BCUT2D eigenvalue weighted by Crippen LogP contribution is 2.19. The molecule has 1 unspecified atom stereocenters. The number of likely N-dealkylation sites (N-methyl/N-ethyl adjacent to an activating group) is 1. The lowest BCUT2D eigenvalue weighted by molar-refractivity contribution is 0.0942. The van der Waals surface area contributed by atoms with Crippen LogP contribution in [0.1, 0.15) is 22.0 Å². The third-order valence-electron chi connectivity index (χ3n) is 4.55. The molecule has 4 nitrogen and oxygen atoms in total. The van der Waals surface area contributed by atoms with Gasteiger partial charge < -0.3 is 14.8 Å². The number of aromatic nitrogens is 1. The Labute approximate surface area is 149 Å². The normalized spacial score (nSPS) is 12.5. The lowest BCUT2D eigenvalue weighted by Crippen LogP contribution is -2.33. The first-order valence-corrected chi connectivity index (χ1v) is 8.58. The van der Waals surface area contributed by atoms with Gasteiger partial charge in [0, 0.05) is 37.0 Å². The van der Waals surface area contributed by atoms with E-state index in [0.29, 0.717) is 12.2 Å². The number of hydrogen-bond donors (Lipinski definition) is 1. The summed E-state index contributed by atoms with van der Waals surface area (Å²) >= 11 is 0. The Bertz CT molecular complexity index is 852. The minimum Gasteiger partial charge on any atom is -0.350 e. The van der Waals surface area contributed by atoms with Crippen LogP contribution < -0.4 is 5.32 Å². The van der Waals surface area contributed by atoms with Crippen LogP contribution >= 0.6 is 0 Å². The number of nitrogens with zero attached hydrogens (tertiary/aromatic N) is 2. The number of fused-ring (bicyclic) bond motifs is 1. The zero-order valence-electron chi connectivity index (χ0n) is 15.1. The van der Waals surface area contributed by atoms with E-state index in [1.54, 1.807) is 0 Å². The quantitative estimate of drug-likeness (QED) is 0.751. The third kappa shape index (κ3) is 3.91. The molecule has 4 heteroatoms. The Morgan fingerprint density at radius 3 is 2.44 bits per heavy atom. The maximum atomic E-state index is 12.7. The largest absolute Gasteiger partial charge is 0.350 e. The number of amides is 1. The molecule has 0 aliphatic carbocycles. The number of carbonyl (C=O) groups is 1. The summed E-state index contributed by atoms with van der Waals surface area (Å²) in [5.41, 5.74) is 3.01. The van der Waals surface area contributed by atoms with Gasteiger partial charge in [0.1, 0.15) is 5.69 Å². The summed E-state index contributed by atoms with van der Waals surface area (Å²) in [6.07, 6.45) is 0. The number of para-hydroxylation sites is 1. The van der Waals surface area contributed by atoms with Gasteiger partial charge in [0.05, 0.1) is 0 Å². The highest BCUT2D eigenvalue weighted by molar-refractivity contribution is 5.98. The lowest BCUT2D eigenvalue weighted by atomic mass is 9.98. The predicted octanol–water partition coefficient (Wildman–Crippen LogP) is 3.25. The van der Waals surface area contributed by atoms with E-state index in [-0.39, 0.29) is 11.8 Å². The molecule has 1 amide bonds. The summed E-state index contributed by atoms with van der Waals surface area (Å²) < 4.78 is 1.95. The van der Waals surface area contributed by atoms with Crippen molar-refractivity contribution in [3.8, 4) is 0 Å².